The van der Waals surface area contributed by atoms with E-state index in [2.05, 4.69) is 16.0 Å². The molecule has 0 bridgehead atoms. The number of carbonyl (C=O) groups excluding carboxylic acids is 1. The van der Waals surface area contributed by atoms with Crippen LogP contribution in [0, 0.1) is 0 Å². The van der Waals surface area contributed by atoms with E-state index in [4.69, 9.17) is 21.1 Å². The van der Waals surface area contributed by atoms with Crippen LogP contribution in [-0.4, -0.2) is 48.2 Å². The zero-order chi connectivity index (χ0) is 20.5. The fraction of sp³-hybridized carbons (Fsp3) is 0.333. The molecular weight excluding hydrogens is 400 g/mol. The van der Waals surface area contributed by atoms with Gasteiger partial charge in [-0.25, -0.2) is 4.98 Å². The number of pyridine rings is 1. The molecule has 1 fully saturated rings. The molecule has 0 amide bonds. The fourth-order valence-electron chi connectivity index (χ4n) is 4.35. The number of nitrogens with zero attached hydrogens (tertiary/aromatic N) is 2. The Labute approximate surface area is 180 Å². The summed E-state index contributed by atoms with van der Waals surface area (Å²) in [5.74, 6) is 0.769. The Balaban J connectivity index is 1.50. The van der Waals surface area contributed by atoms with Crippen molar-refractivity contribution in [1.82, 2.24) is 9.88 Å². The van der Waals surface area contributed by atoms with Crippen LogP contribution in [0.2, 0.25) is 5.15 Å². The predicted molar refractivity (Wildman–Crippen MR) is 116 cm³/mol. The third-order valence-corrected chi connectivity index (χ3v) is 6.03. The molecule has 3 heterocycles. The zero-order valence-corrected chi connectivity index (χ0v) is 17.4. The van der Waals surface area contributed by atoms with E-state index in [-0.39, 0.29) is 11.9 Å². The first-order chi connectivity index (χ1) is 14.7. The Morgan fingerprint density at radius 1 is 1.17 bits per heavy atom. The van der Waals surface area contributed by atoms with Gasteiger partial charge in [0.2, 0.25) is 0 Å². The minimum Gasteiger partial charge on any atom is -0.477 e. The van der Waals surface area contributed by atoms with Crippen LogP contribution in [0.3, 0.4) is 0 Å². The average molecular weight is 423 g/mol. The van der Waals surface area contributed by atoms with Gasteiger partial charge in [0, 0.05) is 24.7 Å². The van der Waals surface area contributed by atoms with Crippen LogP contribution in [0.4, 0.5) is 0 Å². The number of rotatable bonds is 4. The van der Waals surface area contributed by atoms with Crippen molar-refractivity contribution in [2.45, 2.75) is 25.4 Å². The molecule has 5 rings (SSSR count). The second-order valence-electron chi connectivity index (χ2n) is 7.97. The lowest BCUT2D eigenvalue weighted by Crippen LogP contribution is -2.37. The summed E-state index contributed by atoms with van der Waals surface area (Å²) in [7, 11) is 0. The number of fused-ring (bicyclic) bond motifs is 3. The number of hydrogen-bond acceptors (Lipinski definition) is 5. The maximum Gasteiger partial charge on any atom is 0.180 e. The molecule has 1 unspecified atom stereocenters. The van der Waals surface area contributed by atoms with Crippen LogP contribution in [0.1, 0.15) is 34.3 Å². The standard InChI is InChI=1S/C24H23ClN2O3/c25-23-8-7-16(12-26-23)10-17-11-21-22(28)14-27(13-18-4-3-9-29-18)15-30-24(21)20-6-2-1-5-19(17)20/h1-2,5-8,11-12,18H,3-4,9-10,13-15H2. The topological polar surface area (TPSA) is 51.7 Å². The monoisotopic (exact) mass is 422 g/mol. The predicted octanol–water partition coefficient (Wildman–Crippen LogP) is 4.49. The number of aromatic nitrogens is 1. The van der Waals surface area contributed by atoms with Crippen LogP contribution < -0.4 is 4.74 Å². The second-order valence-corrected chi connectivity index (χ2v) is 8.35. The van der Waals surface area contributed by atoms with E-state index in [1.165, 1.54) is 0 Å². The maximum absolute atomic E-state index is 13.2. The van der Waals surface area contributed by atoms with Crippen LogP contribution in [0.15, 0.2) is 48.7 Å². The van der Waals surface area contributed by atoms with Gasteiger partial charge in [-0.2, -0.15) is 0 Å². The van der Waals surface area contributed by atoms with Crippen LogP contribution in [0.25, 0.3) is 10.8 Å². The van der Waals surface area contributed by atoms with Crippen molar-refractivity contribution in [3.63, 3.8) is 0 Å². The zero-order valence-electron chi connectivity index (χ0n) is 16.6. The molecule has 1 atom stereocenters. The molecule has 0 N–H and O–H groups in total. The molecule has 30 heavy (non-hydrogen) atoms. The molecule has 2 aliphatic rings. The summed E-state index contributed by atoms with van der Waals surface area (Å²) >= 11 is 5.93. The lowest BCUT2D eigenvalue weighted by atomic mass is 9.94. The molecule has 1 saturated heterocycles. The summed E-state index contributed by atoms with van der Waals surface area (Å²) in [5, 5.41) is 2.53. The highest BCUT2D eigenvalue weighted by molar-refractivity contribution is 6.29. The molecule has 0 spiro atoms. The van der Waals surface area contributed by atoms with E-state index in [0.717, 1.165) is 47.9 Å². The lowest BCUT2D eigenvalue weighted by molar-refractivity contribution is 0.0451. The van der Waals surface area contributed by atoms with Gasteiger partial charge in [0.1, 0.15) is 17.6 Å². The number of ether oxygens (including phenoxy) is 2. The highest BCUT2D eigenvalue weighted by atomic mass is 35.5. The van der Waals surface area contributed by atoms with E-state index in [1.807, 2.05) is 30.3 Å². The molecule has 0 saturated carbocycles. The molecule has 3 aromatic rings. The molecule has 154 valence electrons. The smallest absolute Gasteiger partial charge is 0.180 e. The minimum atomic E-state index is 0.0849. The fourth-order valence-corrected chi connectivity index (χ4v) is 4.46. The number of benzene rings is 2. The van der Waals surface area contributed by atoms with Gasteiger partial charge in [-0.1, -0.05) is 41.9 Å². The van der Waals surface area contributed by atoms with Crippen LogP contribution in [0.5, 0.6) is 5.75 Å². The van der Waals surface area contributed by atoms with Gasteiger partial charge in [0.15, 0.2) is 5.78 Å². The molecule has 6 heteroatoms. The van der Waals surface area contributed by atoms with Crippen molar-refractivity contribution in [2.24, 2.45) is 0 Å². The first-order valence-corrected chi connectivity index (χ1v) is 10.7. The largest absolute Gasteiger partial charge is 0.477 e. The van der Waals surface area contributed by atoms with Crippen molar-refractivity contribution in [3.05, 3.63) is 70.5 Å². The van der Waals surface area contributed by atoms with Gasteiger partial charge >= 0.3 is 0 Å². The van der Waals surface area contributed by atoms with Gasteiger partial charge in [-0.3, -0.25) is 9.69 Å². The van der Waals surface area contributed by atoms with Crippen LogP contribution in [-0.2, 0) is 11.2 Å². The summed E-state index contributed by atoms with van der Waals surface area (Å²) in [5.41, 5.74) is 2.78. The molecular formula is C24H23ClN2O3. The maximum atomic E-state index is 13.2. The number of Topliss-reactive ketones (excluding diaryl/α,β-unsaturated/α-hetero) is 1. The van der Waals surface area contributed by atoms with E-state index in [9.17, 15) is 4.79 Å². The summed E-state index contributed by atoms with van der Waals surface area (Å²) in [6, 6.07) is 13.9. The van der Waals surface area contributed by atoms with Gasteiger partial charge in [0.25, 0.3) is 0 Å². The molecule has 2 aromatic carbocycles. The minimum absolute atomic E-state index is 0.0849. The van der Waals surface area contributed by atoms with Gasteiger partial charge in [-0.15, -0.1) is 0 Å². The van der Waals surface area contributed by atoms with Gasteiger partial charge < -0.3 is 9.47 Å². The summed E-state index contributed by atoms with van der Waals surface area (Å²) in [6.45, 7) is 2.26. The number of carbonyl (C=O) groups is 1. The third-order valence-electron chi connectivity index (χ3n) is 5.81. The van der Waals surface area contributed by atoms with Crippen molar-refractivity contribution in [2.75, 3.05) is 26.4 Å². The quantitative estimate of drug-likeness (QED) is 0.580. The van der Waals surface area contributed by atoms with E-state index in [0.29, 0.717) is 36.2 Å². The van der Waals surface area contributed by atoms with Crippen molar-refractivity contribution in [1.29, 1.82) is 0 Å². The van der Waals surface area contributed by atoms with E-state index >= 15 is 0 Å². The molecule has 1 aromatic heterocycles. The SMILES string of the molecule is O=C1CN(CC2CCCO2)COc2c1cc(Cc1ccc(Cl)nc1)c1ccccc21. The molecule has 0 radical (unpaired) electrons. The third kappa shape index (κ3) is 3.93. The van der Waals surface area contributed by atoms with E-state index in [1.54, 1.807) is 12.3 Å². The number of hydrogen-bond donors (Lipinski definition) is 0. The Morgan fingerprint density at radius 2 is 2.03 bits per heavy atom. The average Bonchev–Trinajstić information content (AvgIpc) is 3.21. The first kappa shape index (κ1) is 19.5. The Hall–Kier alpha value is -2.47. The highest BCUT2D eigenvalue weighted by Crippen LogP contribution is 2.35. The number of halogens is 1. The molecule has 5 nitrogen and oxygen atoms in total. The van der Waals surface area contributed by atoms with Gasteiger partial charge in [0.05, 0.1) is 18.2 Å². The van der Waals surface area contributed by atoms with Crippen molar-refractivity contribution in [3.8, 4) is 5.75 Å². The summed E-state index contributed by atoms with van der Waals surface area (Å²) in [6.07, 6.45) is 4.77. The molecule has 2 aliphatic heterocycles. The summed E-state index contributed by atoms with van der Waals surface area (Å²) in [4.78, 5) is 19.4. The normalized spacial score (nSPS) is 19.5. The highest BCUT2D eigenvalue weighted by Gasteiger charge is 2.27. The Bertz CT molecular complexity index is 1080. The summed E-state index contributed by atoms with van der Waals surface area (Å²) < 4.78 is 11.9. The van der Waals surface area contributed by atoms with Crippen LogP contribution >= 0.6 is 11.6 Å². The number of ketones is 1. The van der Waals surface area contributed by atoms with Crippen molar-refractivity contribution >= 4 is 28.2 Å². The second kappa shape index (κ2) is 8.34. The van der Waals surface area contributed by atoms with Gasteiger partial charge in [-0.05, 0) is 47.9 Å². The lowest BCUT2D eigenvalue weighted by Gasteiger charge is -2.22. The Kier molecular flexibility index (Phi) is 5.42. The van der Waals surface area contributed by atoms with E-state index < -0.39 is 0 Å². The molecule has 0 aliphatic carbocycles. The Morgan fingerprint density at radius 3 is 2.80 bits per heavy atom. The van der Waals surface area contributed by atoms with Crippen molar-refractivity contribution < 1.29 is 14.3 Å². The first-order valence-electron chi connectivity index (χ1n) is 10.3.